The fourth-order valence-electron chi connectivity index (χ4n) is 5.04. The van der Waals surface area contributed by atoms with Gasteiger partial charge in [-0.1, -0.05) is 36.4 Å². The van der Waals surface area contributed by atoms with Crippen molar-refractivity contribution in [3.63, 3.8) is 0 Å². The second-order valence-corrected chi connectivity index (χ2v) is 14.9. The van der Waals surface area contributed by atoms with Gasteiger partial charge in [-0.3, -0.25) is 5.32 Å². The van der Waals surface area contributed by atoms with E-state index in [1.165, 1.54) is 17.4 Å². The molecule has 3 aromatic rings. The number of aliphatic hydroxyl groups is 1. The fourth-order valence-corrected chi connectivity index (χ4v) is 7.90. The predicted molar refractivity (Wildman–Crippen MR) is 170 cm³/mol. The maximum Gasteiger partial charge on any atom is 0.319 e. The molecule has 4 rings (SSSR count). The van der Waals surface area contributed by atoms with Crippen LogP contribution in [0, 0.1) is 0 Å². The molecule has 0 radical (unpaired) electrons. The average molecular weight is 630 g/mol. The number of thiazole rings is 1. The number of hydrogen-bond acceptors (Lipinski definition) is 8. The zero-order valence-electron chi connectivity index (χ0n) is 25.4. The van der Waals surface area contributed by atoms with Gasteiger partial charge in [-0.2, -0.15) is 0 Å². The van der Waals surface area contributed by atoms with Crippen LogP contribution in [0.2, 0.25) is 0 Å². The number of carbonyl (C=O) groups excluding carboxylic acids is 1. The molecule has 12 heteroatoms. The summed E-state index contributed by atoms with van der Waals surface area (Å²) < 4.78 is 35.3. The van der Waals surface area contributed by atoms with Crippen LogP contribution in [0.25, 0.3) is 10.4 Å². The summed E-state index contributed by atoms with van der Waals surface area (Å²) in [6, 6.07) is 14.2. The Morgan fingerprint density at radius 2 is 1.79 bits per heavy atom. The lowest BCUT2D eigenvalue weighted by Gasteiger charge is -2.30. The van der Waals surface area contributed by atoms with Crippen LogP contribution < -0.4 is 20.7 Å². The van der Waals surface area contributed by atoms with Crippen molar-refractivity contribution in [3.8, 4) is 10.4 Å². The number of benzene rings is 2. The maximum absolute atomic E-state index is 13.6. The number of ether oxygens (including phenoxy) is 1. The standard InChI is InChI=1S/C31H43N5O5S2/c1-20(2)41-30(38)35-23-13-11-22(12-14-23)28-32-19-26(42-28)25-16-15-24(17-27(25)43(39,40)36-31(3,4)5)34-29(37)33-18-21-9-7-6-8-10-21/h6-10,15-17,19-20,22-23,30,35-36,38H,11-14,18H2,1-5H3,(H2,33,34,37)/t22-,23-,30?. The second-order valence-electron chi connectivity index (χ2n) is 12.2. The Balaban J connectivity index is 1.50. The molecule has 0 saturated heterocycles. The summed E-state index contributed by atoms with van der Waals surface area (Å²) in [6.07, 6.45) is 4.23. The predicted octanol–water partition coefficient (Wildman–Crippen LogP) is 5.53. The molecule has 1 saturated carbocycles. The third kappa shape index (κ3) is 9.82. The first-order chi connectivity index (χ1) is 20.3. The van der Waals surface area contributed by atoms with E-state index in [1.54, 1.807) is 39.1 Å². The Bertz CT molecular complexity index is 1460. The van der Waals surface area contributed by atoms with Crippen LogP contribution in [0.1, 0.15) is 76.8 Å². The van der Waals surface area contributed by atoms with Crippen molar-refractivity contribution >= 4 is 33.1 Å². The van der Waals surface area contributed by atoms with Crippen molar-refractivity contribution in [3.05, 3.63) is 65.3 Å². The smallest absolute Gasteiger partial charge is 0.319 e. The Hall–Kier alpha value is -2.87. The highest BCUT2D eigenvalue weighted by molar-refractivity contribution is 7.89. The van der Waals surface area contributed by atoms with Crippen molar-refractivity contribution in [1.82, 2.24) is 20.3 Å². The molecule has 2 amide bonds. The number of aliphatic hydroxyl groups excluding tert-OH is 1. The first-order valence-corrected chi connectivity index (χ1v) is 16.9. The van der Waals surface area contributed by atoms with Crippen molar-refractivity contribution in [2.45, 2.75) is 102 Å². The molecule has 1 unspecified atom stereocenters. The highest BCUT2D eigenvalue weighted by Crippen LogP contribution is 2.40. The van der Waals surface area contributed by atoms with E-state index < -0.39 is 28.0 Å². The number of carbonyl (C=O) groups is 1. The lowest BCUT2D eigenvalue weighted by molar-refractivity contribution is -0.150. The van der Waals surface area contributed by atoms with E-state index in [1.807, 2.05) is 44.2 Å². The second kappa shape index (κ2) is 14.3. The Kier molecular flexibility index (Phi) is 11.0. The number of amides is 2. The van der Waals surface area contributed by atoms with Crippen molar-refractivity contribution in [2.75, 3.05) is 5.32 Å². The number of hydrogen-bond donors (Lipinski definition) is 5. The molecule has 1 heterocycles. The van der Waals surface area contributed by atoms with Crippen molar-refractivity contribution < 1.29 is 23.1 Å². The molecule has 234 valence electrons. The van der Waals surface area contributed by atoms with Gasteiger partial charge in [-0.15, -0.1) is 11.3 Å². The number of rotatable bonds is 11. The lowest BCUT2D eigenvalue weighted by atomic mass is 9.86. The summed E-state index contributed by atoms with van der Waals surface area (Å²) in [6.45, 7) is 9.46. The normalized spacial score (nSPS) is 18.4. The number of nitrogens with one attached hydrogen (secondary N) is 4. The number of nitrogens with zero attached hydrogens (tertiary/aromatic N) is 1. The van der Waals surface area contributed by atoms with Crippen LogP contribution in [-0.2, 0) is 21.3 Å². The summed E-state index contributed by atoms with van der Waals surface area (Å²) in [5.41, 5.74) is 1.14. The zero-order valence-corrected chi connectivity index (χ0v) is 27.0. The van der Waals surface area contributed by atoms with Crippen LogP contribution in [0.4, 0.5) is 10.5 Å². The molecule has 43 heavy (non-hydrogen) atoms. The number of aromatic nitrogens is 1. The van der Waals surface area contributed by atoms with Gasteiger partial charge in [0.25, 0.3) is 0 Å². The molecule has 2 aromatic carbocycles. The molecule has 10 nitrogen and oxygen atoms in total. The third-order valence-electron chi connectivity index (χ3n) is 6.91. The first-order valence-electron chi connectivity index (χ1n) is 14.6. The van der Waals surface area contributed by atoms with E-state index in [0.717, 1.165) is 41.1 Å². The summed E-state index contributed by atoms with van der Waals surface area (Å²) in [4.78, 5) is 18.1. The van der Waals surface area contributed by atoms with E-state index in [0.29, 0.717) is 17.8 Å². The van der Waals surface area contributed by atoms with Gasteiger partial charge in [-0.05, 0) is 78.0 Å². The minimum Gasteiger partial charge on any atom is -0.356 e. The van der Waals surface area contributed by atoms with Crippen LogP contribution in [-0.4, -0.2) is 48.6 Å². The summed E-state index contributed by atoms with van der Waals surface area (Å²) in [7, 11) is -3.94. The highest BCUT2D eigenvalue weighted by Gasteiger charge is 2.29. The maximum atomic E-state index is 13.6. The van der Waals surface area contributed by atoms with Gasteiger partial charge in [0.05, 0.1) is 20.9 Å². The van der Waals surface area contributed by atoms with Gasteiger partial charge in [0.1, 0.15) is 0 Å². The molecule has 0 bridgehead atoms. The van der Waals surface area contributed by atoms with E-state index in [-0.39, 0.29) is 23.0 Å². The van der Waals surface area contributed by atoms with Crippen LogP contribution in [0.15, 0.2) is 59.6 Å². The molecule has 1 atom stereocenters. The molecule has 1 aromatic heterocycles. The molecule has 1 aliphatic carbocycles. The summed E-state index contributed by atoms with van der Waals surface area (Å²) >= 11 is 1.49. The summed E-state index contributed by atoms with van der Waals surface area (Å²) in [5.74, 6) is 0.252. The van der Waals surface area contributed by atoms with E-state index >= 15 is 0 Å². The largest absolute Gasteiger partial charge is 0.356 e. The molecule has 0 spiro atoms. The van der Waals surface area contributed by atoms with Gasteiger partial charge >= 0.3 is 6.03 Å². The van der Waals surface area contributed by atoms with Gasteiger partial charge in [-0.25, -0.2) is 22.9 Å². The lowest BCUT2D eigenvalue weighted by Crippen LogP contribution is -2.42. The molecule has 5 N–H and O–H groups in total. The van der Waals surface area contributed by atoms with Gasteiger partial charge in [0, 0.05) is 41.5 Å². The number of sulfonamides is 1. The first kappa shape index (κ1) is 33.0. The topological polar surface area (TPSA) is 142 Å². The minimum absolute atomic E-state index is 0.0680. The van der Waals surface area contributed by atoms with Gasteiger partial charge in [0.2, 0.25) is 16.4 Å². The van der Waals surface area contributed by atoms with Crippen LogP contribution in [0.5, 0.6) is 0 Å². The molecular weight excluding hydrogens is 587 g/mol. The van der Waals surface area contributed by atoms with Crippen LogP contribution >= 0.6 is 11.3 Å². The fraction of sp³-hybridized carbons (Fsp3) is 0.484. The highest BCUT2D eigenvalue weighted by atomic mass is 32.2. The van der Waals surface area contributed by atoms with E-state index in [2.05, 4.69) is 20.7 Å². The van der Waals surface area contributed by atoms with Crippen molar-refractivity contribution in [2.24, 2.45) is 0 Å². The molecule has 1 fully saturated rings. The van der Waals surface area contributed by atoms with E-state index in [4.69, 9.17) is 9.72 Å². The summed E-state index contributed by atoms with van der Waals surface area (Å²) in [5, 5.41) is 19.7. The Morgan fingerprint density at radius 3 is 2.44 bits per heavy atom. The van der Waals surface area contributed by atoms with Crippen LogP contribution in [0.3, 0.4) is 0 Å². The third-order valence-corrected chi connectivity index (χ3v) is 9.90. The molecule has 1 aliphatic rings. The number of anilines is 1. The van der Waals surface area contributed by atoms with Gasteiger partial charge < -0.3 is 20.5 Å². The monoisotopic (exact) mass is 629 g/mol. The Morgan fingerprint density at radius 1 is 1.09 bits per heavy atom. The molecule has 0 aliphatic heterocycles. The zero-order chi connectivity index (χ0) is 31.2. The SMILES string of the molecule is CC(C)OC(O)N[C@H]1CC[C@H](c2ncc(-c3ccc(NC(=O)NCc4ccccc4)cc3S(=O)(=O)NC(C)(C)C)s2)CC1. The quantitative estimate of drug-likeness (QED) is 0.176. The van der Waals surface area contributed by atoms with Gasteiger partial charge in [0.15, 0.2) is 0 Å². The van der Waals surface area contributed by atoms with E-state index in [9.17, 15) is 18.3 Å². The molecular formula is C31H43N5O5S2. The minimum atomic E-state index is -3.94. The van der Waals surface area contributed by atoms with Crippen molar-refractivity contribution in [1.29, 1.82) is 0 Å². The number of urea groups is 1. The average Bonchev–Trinajstić information content (AvgIpc) is 3.41. The Labute approximate surface area is 258 Å².